The highest BCUT2D eigenvalue weighted by Gasteiger charge is 2.48. The van der Waals surface area contributed by atoms with Crippen LogP contribution in [0, 0.1) is 18.7 Å². The molecule has 1 saturated heterocycles. The van der Waals surface area contributed by atoms with E-state index in [0.29, 0.717) is 52.5 Å². The summed E-state index contributed by atoms with van der Waals surface area (Å²) in [7, 11) is -3.20. The number of nitrogens with one attached hydrogen (secondary N) is 1. The third kappa shape index (κ3) is 7.13. The maximum Gasteiger partial charge on any atom is 0.309 e. The second kappa shape index (κ2) is 13.7. The number of ether oxygens (including phenoxy) is 3. The van der Waals surface area contributed by atoms with Crippen LogP contribution in [0.1, 0.15) is 53.6 Å². The fourth-order valence-corrected chi connectivity index (χ4v) is 6.90. The summed E-state index contributed by atoms with van der Waals surface area (Å²) in [5.74, 6) is -1.63. The number of aryl methyl sites for hydroxylation is 2. The molecule has 3 aromatic rings. The molecule has 1 amide bonds. The number of amides is 1. The van der Waals surface area contributed by atoms with E-state index in [1.165, 1.54) is 12.1 Å². The standard InChI is InChI=1S/C34H39FN2O8S/c1-5-21-15-24(35)16-22(6-2)31(21)36-29(38)18-37-17-27(26-11-12-28-33(20(26)3)45-19-44-28)30(34(39)40)32(37)23-7-9-25(10-8-23)43-13-14-46(4,41)42/h7-12,15-16,27,30,32H,5-6,13-14,17-19H2,1-4H3,(H,36,38)(H,39,40)/t27-,30-,32+/m1/s1. The number of carbonyl (C=O) groups is 2. The van der Waals surface area contributed by atoms with Gasteiger partial charge in [0.1, 0.15) is 18.2 Å². The van der Waals surface area contributed by atoms with E-state index in [1.807, 2.05) is 31.7 Å². The number of hydrogen-bond acceptors (Lipinski definition) is 8. The largest absolute Gasteiger partial charge is 0.493 e. The molecule has 0 aliphatic carbocycles. The Morgan fingerprint density at radius 3 is 2.35 bits per heavy atom. The molecule has 0 unspecified atom stereocenters. The second-order valence-electron chi connectivity index (χ2n) is 11.8. The topological polar surface area (TPSA) is 131 Å². The molecular formula is C34H39FN2O8S. The van der Waals surface area contributed by atoms with E-state index in [-0.39, 0.29) is 44.0 Å². The van der Waals surface area contributed by atoms with E-state index in [0.717, 1.165) is 17.4 Å². The monoisotopic (exact) mass is 654 g/mol. The van der Waals surface area contributed by atoms with Crippen molar-refractivity contribution in [2.24, 2.45) is 5.92 Å². The van der Waals surface area contributed by atoms with Gasteiger partial charge >= 0.3 is 5.97 Å². The van der Waals surface area contributed by atoms with Crippen LogP contribution in [0.4, 0.5) is 10.1 Å². The molecule has 246 valence electrons. The molecule has 2 heterocycles. The summed E-state index contributed by atoms with van der Waals surface area (Å²) < 4.78 is 54.1. The fraction of sp³-hybridized carbons (Fsp3) is 0.412. The summed E-state index contributed by atoms with van der Waals surface area (Å²) >= 11 is 0. The van der Waals surface area contributed by atoms with Gasteiger partial charge in [0.2, 0.25) is 12.7 Å². The first kappa shape index (κ1) is 33.2. The zero-order valence-corrected chi connectivity index (χ0v) is 27.2. The molecular weight excluding hydrogens is 615 g/mol. The van der Waals surface area contributed by atoms with Crippen molar-refractivity contribution >= 4 is 27.4 Å². The van der Waals surface area contributed by atoms with Gasteiger partial charge in [-0.1, -0.05) is 32.0 Å². The lowest BCUT2D eigenvalue weighted by Crippen LogP contribution is -2.35. The van der Waals surface area contributed by atoms with Gasteiger partial charge in [-0.05, 0) is 77.9 Å². The Bertz CT molecular complexity index is 1700. The second-order valence-corrected chi connectivity index (χ2v) is 14.0. The van der Waals surface area contributed by atoms with Gasteiger partial charge in [-0.3, -0.25) is 14.5 Å². The van der Waals surface area contributed by atoms with E-state index in [4.69, 9.17) is 14.2 Å². The van der Waals surface area contributed by atoms with Crippen molar-refractivity contribution < 1.29 is 41.7 Å². The molecule has 3 atom stereocenters. The van der Waals surface area contributed by atoms with E-state index in [1.54, 1.807) is 30.3 Å². The SMILES string of the molecule is CCc1cc(F)cc(CC)c1NC(=O)CN1C[C@H](c2ccc3c(c2C)OCO3)[C@@H](C(=O)O)[C@@H]1c1ccc(OCCS(C)(=O)=O)cc1. The lowest BCUT2D eigenvalue weighted by Gasteiger charge is -2.27. The number of likely N-dealkylation sites (tertiary alicyclic amines) is 1. The molecule has 2 N–H and O–H groups in total. The molecule has 0 radical (unpaired) electrons. The molecule has 2 aliphatic heterocycles. The van der Waals surface area contributed by atoms with Crippen molar-refractivity contribution in [3.63, 3.8) is 0 Å². The van der Waals surface area contributed by atoms with Crippen LogP contribution in [0.15, 0.2) is 48.5 Å². The predicted molar refractivity (Wildman–Crippen MR) is 171 cm³/mol. The molecule has 3 aromatic carbocycles. The summed E-state index contributed by atoms with van der Waals surface area (Å²) in [6.07, 6.45) is 2.19. The van der Waals surface area contributed by atoms with Crippen molar-refractivity contribution in [2.75, 3.05) is 43.8 Å². The number of sulfone groups is 1. The Morgan fingerprint density at radius 1 is 1.07 bits per heavy atom. The average molecular weight is 655 g/mol. The molecule has 0 saturated carbocycles. The Morgan fingerprint density at radius 2 is 1.74 bits per heavy atom. The molecule has 46 heavy (non-hydrogen) atoms. The smallest absolute Gasteiger partial charge is 0.309 e. The molecule has 5 rings (SSSR count). The van der Waals surface area contributed by atoms with Gasteiger partial charge < -0.3 is 24.6 Å². The number of fused-ring (bicyclic) bond motifs is 1. The first-order valence-electron chi connectivity index (χ1n) is 15.3. The summed E-state index contributed by atoms with van der Waals surface area (Å²) in [4.78, 5) is 28.6. The number of hydrogen-bond donors (Lipinski definition) is 2. The van der Waals surface area contributed by atoms with Crippen LogP contribution in [-0.4, -0.2) is 68.8 Å². The number of halogens is 1. The number of rotatable bonds is 12. The summed E-state index contributed by atoms with van der Waals surface area (Å²) in [5, 5.41) is 13.7. The number of carbonyl (C=O) groups excluding carboxylic acids is 1. The van der Waals surface area contributed by atoms with E-state index in [9.17, 15) is 27.5 Å². The Hall–Kier alpha value is -4.16. The number of carboxylic acid groups (broad SMARTS) is 1. The fourth-order valence-electron chi connectivity index (χ4n) is 6.51. The summed E-state index contributed by atoms with van der Waals surface area (Å²) in [6, 6.07) is 12.7. The molecule has 0 spiro atoms. The maximum absolute atomic E-state index is 14.2. The van der Waals surface area contributed by atoms with Crippen LogP contribution < -0.4 is 19.5 Å². The first-order valence-corrected chi connectivity index (χ1v) is 17.3. The van der Waals surface area contributed by atoms with Crippen LogP contribution >= 0.6 is 0 Å². The van der Waals surface area contributed by atoms with Gasteiger partial charge in [0.25, 0.3) is 0 Å². The number of nitrogens with zero attached hydrogens (tertiary/aromatic N) is 1. The van der Waals surface area contributed by atoms with Gasteiger partial charge in [0, 0.05) is 30.4 Å². The lowest BCUT2D eigenvalue weighted by atomic mass is 9.81. The molecule has 1 fully saturated rings. The average Bonchev–Trinajstić information content (AvgIpc) is 3.63. The van der Waals surface area contributed by atoms with Crippen LogP contribution in [0.3, 0.4) is 0 Å². The van der Waals surface area contributed by atoms with Crippen LogP contribution in [0.2, 0.25) is 0 Å². The summed E-state index contributed by atoms with van der Waals surface area (Å²) in [5.41, 5.74) is 4.21. The first-order chi connectivity index (χ1) is 21.9. The van der Waals surface area contributed by atoms with E-state index in [2.05, 4.69) is 5.32 Å². The molecule has 0 bridgehead atoms. The van der Waals surface area contributed by atoms with Crippen molar-refractivity contribution in [3.8, 4) is 17.2 Å². The minimum absolute atomic E-state index is 0.0139. The quantitative estimate of drug-likeness (QED) is 0.280. The van der Waals surface area contributed by atoms with Gasteiger partial charge in [-0.25, -0.2) is 12.8 Å². The minimum Gasteiger partial charge on any atom is -0.493 e. The lowest BCUT2D eigenvalue weighted by molar-refractivity contribution is -0.143. The van der Waals surface area contributed by atoms with Crippen molar-refractivity contribution in [2.45, 2.75) is 45.6 Å². The molecule has 2 aliphatic rings. The van der Waals surface area contributed by atoms with Crippen LogP contribution in [0.5, 0.6) is 17.2 Å². The highest BCUT2D eigenvalue weighted by molar-refractivity contribution is 7.90. The van der Waals surface area contributed by atoms with E-state index >= 15 is 0 Å². The van der Waals surface area contributed by atoms with Crippen LogP contribution in [-0.2, 0) is 32.3 Å². The summed E-state index contributed by atoms with van der Waals surface area (Å²) in [6.45, 7) is 5.90. The van der Waals surface area contributed by atoms with Crippen molar-refractivity contribution in [3.05, 3.63) is 82.2 Å². The highest BCUT2D eigenvalue weighted by atomic mass is 32.2. The van der Waals surface area contributed by atoms with Crippen LogP contribution in [0.25, 0.3) is 0 Å². The predicted octanol–water partition coefficient (Wildman–Crippen LogP) is 4.89. The molecule has 10 nitrogen and oxygen atoms in total. The van der Waals surface area contributed by atoms with Gasteiger partial charge in [-0.15, -0.1) is 0 Å². The number of anilines is 1. The third-order valence-corrected chi connectivity index (χ3v) is 9.60. The van der Waals surface area contributed by atoms with Crippen molar-refractivity contribution in [1.29, 1.82) is 0 Å². The maximum atomic E-state index is 14.2. The van der Waals surface area contributed by atoms with Gasteiger partial charge in [0.15, 0.2) is 21.3 Å². The van der Waals surface area contributed by atoms with Crippen molar-refractivity contribution in [1.82, 2.24) is 4.90 Å². The zero-order chi connectivity index (χ0) is 33.2. The normalized spacial score (nSPS) is 19.3. The molecule has 12 heteroatoms. The zero-order valence-electron chi connectivity index (χ0n) is 26.3. The van der Waals surface area contributed by atoms with E-state index < -0.39 is 33.7 Å². The third-order valence-electron chi connectivity index (χ3n) is 8.70. The number of benzene rings is 3. The number of carboxylic acids is 1. The Balaban J connectivity index is 1.48. The van der Waals surface area contributed by atoms with Gasteiger partial charge in [-0.2, -0.15) is 0 Å². The Kier molecular flexibility index (Phi) is 9.88. The Labute approximate surface area is 268 Å². The minimum atomic E-state index is -3.20. The molecule has 0 aromatic heterocycles. The highest BCUT2D eigenvalue weighted by Crippen LogP contribution is 2.49. The number of aliphatic carboxylic acids is 1. The van der Waals surface area contributed by atoms with Gasteiger partial charge in [0.05, 0.1) is 18.2 Å².